The van der Waals surface area contributed by atoms with E-state index < -0.39 is 0 Å². The number of hydrogen-bond acceptors (Lipinski definition) is 6. The van der Waals surface area contributed by atoms with Crippen molar-refractivity contribution < 1.29 is 14.3 Å². The Morgan fingerprint density at radius 1 is 1.30 bits per heavy atom. The molecule has 1 aromatic rings. The molecular weight excluding hydrogens is 382 g/mol. The van der Waals surface area contributed by atoms with Gasteiger partial charge in [-0.25, -0.2) is 9.78 Å². The summed E-state index contributed by atoms with van der Waals surface area (Å²) in [6, 6.07) is 5.63. The number of amides is 2. The maximum atomic E-state index is 12.9. The number of ether oxygens (including phenoxy) is 1. The molecule has 5 fully saturated rings. The van der Waals surface area contributed by atoms with Crippen LogP contribution < -0.4 is 11.1 Å². The smallest absolute Gasteiger partial charge is 0.410 e. The van der Waals surface area contributed by atoms with Gasteiger partial charge in [-0.05, 0) is 68.4 Å². The molecule has 2 heterocycles. The van der Waals surface area contributed by atoms with Gasteiger partial charge in [-0.1, -0.05) is 0 Å². The third-order valence-electron chi connectivity index (χ3n) is 7.66. The summed E-state index contributed by atoms with van der Waals surface area (Å²) in [7, 11) is 0. The Morgan fingerprint density at radius 2 is 2.07 bits per heavy atom. The minimum Gasteiger partial charge on any atom is -0.446 e. The van der Waals surface area contributed by atoms with E-state index in [0.717, 1.165) is 38.5 Å². The van der Waals surface area contributed by atoms with Gasteiger partial charge in [0.25, 0.3) is 0 Å². The quantitative estimate of drug-likeness (QED) is 0.787. The van der Waals surface area contributed by atoms with Crippen LogP contribution in [0.2, 0.25) is 0 Å². The Hall–Kier alpha value is -2.82. The molecule has 5 aliphatic rings. The topological polar surface area (TPSA) is 121 Å². The Morgan fingerprint density at radius 3 is 2.77 bits per heavy atom. The molecule has 158 valence electrons. The summed E-state index contributed by atoms with van der Waals surface area (Å²) in [5, 5.41) is 12.5. The molecule has 3 N–H and O–H groups in total. The highest BCUT2D eigenvalue weighted by molar-refractivity contribution is 5.81. The van der Waals surface area contributed by atoms with Gasteiger partial charge in [0.15, 0.2) is 0 Å². The van der Waals surface area contributed by atoms with E-state index in [4.69, 9.17) is 10.5 Å². The number of pyridine rings is 1. The molecule has 3 atom stereocenters. The monoisotopic (exact) mass is 409 g/mol. The third-order valence-corrected chi connectivity index (χ3v) is 7.66. The number of nitrogens with zero attached hydrogens (tertiary/aromatic N) is 3. The van der Waals surface area contributed by atoms with Crippen molar-refractivity contribution in [1.29, 1.82) is 5.26 Å². The summed E-state index contributed by atoms with van der Waals surface area (Å²) < 4.78 is 6.02. The predicted octanol–water partition coefficient (Wildman–Crippen LogP) is 2.26. The van der Waals surface area contributed by atoms with E-state index in [2.05, 4.69) is 16.4 Å². The number of anilines is 1. The van der Waals surface area contributed by atoms with E-state index in [1.54, 1.807) is 23.2 Å². The number of primary amides is 1. The number of carbonyl (C=O) groups excluding carboxylic acids is 2. The Kier molecular flexibility index (Phi) is 4.57. The second-order valence-electron chi connectivity index (χ2n) is 9.55. The SMILES string of the molecule is N#Cc1cccnc1N[C@@H]1CCN(C(=O)O[C@H]2C3CC4CC2C[C@](C(N)=O)(C4)C3)C1. The fourth-order valence-electron chi connectivity index (χ4n) is 6.51. The van der Waals surface area contributed by atoms with E-state index in [-0.39, 0.29) is 41.4 Å². The normalized spacial score (nSPS) is 36.4. The average Bonchev–Trinajstić information content (AvgIpc) is 3.19. The minimum absolute atomic E-state index is 0.0381. The molecule has 1 aliphatic heterocycles. The van der Waals surface area contributed by atoms with Crippen molar-refractivity contribution in [2.45, 2.75) is 50.7 Å². The molecule has 8 nitrogen and oxygen atoms in total. The van der Waals surface area contributed by atoms with E-state index >= 15 is 0 Å². The van der Waals surface area contributed by atoms with E-state index in [1.165, 1.54) is 0 Å². The van der Waals surface area contributed by atoms with Gasteiger partial charge in [0.1, 0.15) is 18.0 Å². The lowest BCUT2D eigenvalue weighted by molar-refractivity contribution is -0.161. The summed E-state index contributed by atoms with van der Waals surface area (Å²) in [6.45, 7) is 1.14. The number of nitrogens with two attached hydrogens (primary N) is 1. The number of aromatic nitrogens is 1. The second-order valence-corrected chi connectivity index (χ2v) is 9.55. The van der Waals surface area contributed by atoms with E-state index in [1.807, 2.05) is 0 Å². The summed E-state index contributed by atoms with van der Waals surface area (Å²) in [6.07, 6.45) is 6.54. The highest BCUT2D eigenvalue weighted by Crippen LogP contribution is 2.60. The molecule has 30 heavy (non-hydrogen) atoms. The van der Waals surface area contributed by atoms with Crippen LogP contribution >= 0.6 is 0 Å². The average molecular weight is 409 g/mol. The fraction of sp³-hybridized carbons (Fsp3) is 0.636. The zero-order valence-electron chi connectivity index (χ0n) is 16.9. The first-order valence-electron chi connectivity index (χ1n) is 10.8. The van der Waals surface area contributed by atoms with Crippen molar-refractivity contribution >= 4 is 17.8 Å². The van der Waals surface area contributed by atoms with Gasteiger partial charge in [-0.15, -0.1) is 0 Å². The molecule has 6 rings (SSSR count). The first-order valence-corrected chi connectivity index (χ1v) is 10.8. The minimum atomic E-state index is -0.372. The van der Waals surface area contributed by atoms with Crippen LogP contribution in [0.15, 0.2) is 18.3 Å². The standard InChI is InChI=1S/C22H27N5O3/c23-11-14-2-1-4-25-19(14)26-17-3-5-27(12-17)21(29)30-18-15-6-13-7-16(18)10-22(8-13,9-15)20(24)28/h1-2,4,13,15-18H,3,5-10,12H2,(H2,24,28)(H,25,26)/t13?,15?,16?,17-,18-,22-/m1/s1. The van der Waals surface area contributed by atoms with Crippen molar-refractivity contribution in [3.8, 4) is 6.07 Å². The van der Waals surface area contributed by atoms with Crippen LogP contribution in [0.25, 0.3) is 0 Å². The molecule has 2 unspecified atom stereocenters. The molecule has 0 radical (unpaired) electrons. The molecule has 4 aliphatic carbocycles. The summed E-state index contributed by atoms with van der Waals surface area (Å²) in [4.78, 5) is 31.0. The Labute approximate surface area is 175 Å². The van der Waals surface area contributed by atoms with Crippen LogP contribution in [0, 0.1) is 34.5 Å². The van der Waals surface area contributed by atoms with Gasteiger partial charge >= 0.3 is 6.09 Å². The van der Waals surface area contributed by atoms with Gasteiger partial charge in [0.05, 0.1) is 11.0 Å². The maximum absolute atomic E-state index is 12.9. The number of nitrogens with one attached hydrogen (secondary N) is 1. The maximum Gasteiger partial charge on any atom is 0.410 e. The number of likely N-dealkylation sites (tertiary alicyclic amines) is 1. The van der Waals surface area contributed by atoms with Gasteiger partial charge in [-0.2, -0.15) is 5.26 Å². The number of rotatable bonds is 4. The van der Waals surface area contributed by atoms with Crippen molar-refractivity contribution in [3.63, 3.8) is 0 Å². The van der Waals surface area contributed by atoms with Crippen molar-refractivity contribution in [3.05, 3.63) is 23.9 Å². The van der Waals surface area contributed by atoms with Gasteiger partial charge in [0, 0.05) is 25.3 Å². The Balaban J connectivity index is 1.20. The van der Waals surface area contributed by atoms with E-state index in [0.29, 0.717) is 30.4 Å². The van der Waals surface area contributed by atoms with Crippen LogP contribution in [0.1, 0.15) is 44.1 Å². The first kappa shape index (κ1) is 19.2. The van der Waals surface area contributed by atoms with Crippen LogP contribution in [-0.2, 0) is 9.53 Å². The third kappa shape index (κ3) is 3.17. The van der Waals surface area contributed by atoms with Crippen LogP contribution in [0.5, 0.6) is 0 Å². The summed E-state index contributed by atoms with van der Waals surface area (Å²) in [5.74, 6) is 1.41. The number of nitriles is 1. The highest BCUT2D eigenvalue weighted by Gasteiger charge is 2.59. The number of carbonyl (C=O) groups is 2. The fourth-order valence-corrected chi connectivity index (χ4v) is 6.51. The Bertz CT molecular complexity index is 896. The van der Waals surface area contributed by atoms with Crippen molar-refractivity contribution in [1.82, 2.24) is 9.88 Å². The number of hydrogen-bond donors (Lipinski definition) is 2. The first-order chi connectivity index (χ1) is 14.5. The molecule has 4 saturated carbocycles. The summed E-state index contributed by atoms with van der Waals surface area (Å²) >= 11 is 0. The molecule has 0 spiro atoms. The zero-order valence-corrected chi connectivity index (χ0v) is 16.9. The van der Waals surface area contributed by atoms with E-state index in [9.17, 15) is 14.9 Å². The summed E-state index contributed by atoms with van der Waals surface area (Å²) in [5.41, 5.74) is 5.87. The van der Waals surface area contributed by atoms with Crippen LogP contribution in [-0.4, -0.2) is 47.1 Å². The molecule has 0 aromatic carbocycles. The molecule has 8 heteroatoms. The van der Waals surface area contributed by atoms with Crippen LogP contribution in [0.4, 0.5) is 10.6 Å². The lowest BCUT2D eigenvalue weighted by atomic mass is 9.48. The predicted molar refractivity (Wildman–Crippen MR) is 108 cm³/mol. The molecular formula is C22H27N5O3. The largest absolute Gasteiger partial charge is 0.446 e. The second kappa shape index (κ2) is 7.15. The zero-order chi connectivity index (χ0) is 20.9. The van der Waals surface area contributed by atoms with Crippen molar-refractivity contribution in [2.75, 3.05) is 18.4 Å². The molecule has 2 amide bonds. The van der Waals surface area contributed by atoms with Crippen LogP contribution in [0.3, 0.4) is 0 Å². The van der Waals surface area contributed by atoms with Crippen molar-refractivity contribution in [2.24, 2.45) is 28.9 Å². The highest BCUT2D eigenvalue weighted by atomic mass is 16.6. The lowest BCUT2D eigenvalue weighted by Crippen LogP contribution is -2.59. The van der Waals surface area contributed by atoms with Gasteiger partial charge < -0.3 is 20.7 Å². The molecule has 4 bridgehead atoms. The molecule has 1 aromatic heterocycles. The van der Waals surface area contributed by atoms with Gasteiger partial charge in [-0.3, -0.25) is 4.79 Å². The van der Waals surface area contributed by atoms with Gasteiger partial charge in [0.2, 0.25) is 5.91 Å². The lowest BCUT2D eigenvalue weighted by Gasteiger charge is -2.58. The molecule has 1 saturated heterocycles.